The first-order valence-electron chi connectivity index (χ1n) is 6.90. The number of benzene rings is 3. The summed E-state index contributed by atoms with van der Waals surface area (Å²) in [5.41, 5.74) is 0. The topological polar surface area (TPSA) is 35.5 Å². The molecule has 0 heterocycles. The van der Waals surface area contributed by atoms with E-state index in [2.05, 4.69) is 0 Å². The van der Waals surface area contributed by atoms with Gasteiger partial charge in [0.2, 0.25) is 0 Å². The van der Waals surface area contributed by atoms with Gasteiger partial charge in [0, 0.05) is 5.39 Å². The van der Waals surface area contributed by atoms with Crippen LogP contribution in [0.2, 0.25) is 5.02 Å². The summed E-state index contributed by atoms with van der Waals surface area (Å²) in [7, 11) is 0. The van der Waals surface area contributed by atoms with E-state index in [0.717, 1.165) is 16.8 Å². The molecule has 0 saturated heterocycles. The Morgan fingerprint density at radius 2 is 1.78 bits per heavy atom. The van der Waals surface area contributed by atoms with Crippen LogP contribution in [0.5, 0.6) is 11.5 Å². The molecule has 0 aromatic heterocycles. The van der Waals surface area contributed by atoms with Crippen molar-refractivity contribution in [3.63, 3.8) is 0 Å². The van der Waals surface area contributed by atoms with Crippen LogP contribution in [-0.4, -0.2) is 12.6 Å². The van der Waals surface area contributed by atoms with Gasteiger partial charge in [0.1, 0.15) is 17.3 Å². The quantitative estimate of drug-likeness (QED) is 0.517. The summed E-state index contributed by atoms with van der Waals surface area (Å²) in [6.07, 6.45) is 0. The van der Waals surface area contributed by atoms with Crippen LogP contribution < -0.4 is 9.47 Å². The van der Waals surface area contributed by atoms with E-state index in [0.29, 0.717) is 5.75 Å². The average Bonchev–Trinajstić information content (AvgIpc) is 2.54. The van der Waals surface area contributed by atoms with E-state index in [1.165, 1.54) is 12.1 Å². The van der Waals surface area contributed by atoms with E-state index >= 15 is 0 Å². The number of ether oxygens (including phenoxy) is 2. The van der Waals surface area contributed by atoms with Crippen LogP contribution in [0.25, 0.3) is 10.8 Å². The highest BCUT2D eigenvalue weighted by Crippen LogP contribution is 2.26. The molecule has 0 fully saturated rings. The minimum atomic E-state index is -0.568. The fraction of sp³-hybridized carbons (Fsp3) is 0.0556. The lowest BCUT2D eigenvalue weighted by Gasteiger charge is -2.09. The monoisotopic (exact) mass is 330 g/mol. The third-order valence-electron chi connectivity index (χ3n) is 3.21. The van der Waals surface area contributed by atoms with Gasteiger partial charge in [0.15, 0.2) is 6.61 Å². The third kappa shape index (κ3) is 3.60. The van der Waals surface area contributed by atoms with E-state index in [4.69, 9.17) is 21.1 Å². The molecule has 0 spiro atoms. The summed E-state index contributed by atoms with van der Waals surface area (Å²) in [5.74, 6) is -0.354. The highest BCUT2D eigenvalue weighted by Gasteiger charge is 2.10. The second-order valence-electron chi connectivity index (χ2n) is 4.81. The smallest absolute Gasteiger partial charge is 0.349 e. The first-order valence-corrected chi connectivity index (χ1v) is 7.27. The van der Waals surface area contributed by atoms with Gasteiger partial charge in [0.05, 0.1) is 5.02 Å². The minimum absolute atomic E-state index is 0.1000. The summed E-state index contributed by atoms with van der Waals surface area (Å²) >= 11 is 5.83. The van der Waals surface area contributed by atoms with E-state index in [9.17, 15) is 9.18 Å². The average molecular weight is 331 g/mol. The van der Waals surface area contributed by atoms with Gasteiger partial charge in [-0.1, -0.05) is 48.0 Å². The highest BCUT2D eigenvalue weighted by molar-refractivity contribution is 6.32. The van der Waals surface area contributed by atoms with Gasteiger partial charge < -0.3 is 9.47 Å². The van der Waals surface area contributed by atoms with Gasteiger partial charge in [-0.15, -0.1) is 0 Å². The number of carbonyl (C=O) groups is 1. The van der Waals surface area contributed by atoms with Gasteiger partial charge in [-0.25, -0.2) is 9.18 Å². The molecule has 116 valence electrons. The zero-order valence-electron chi connectivity index (χ0n) is 12.0. The Hall–Kier alpha value is -2.59. The lowest BCUT2D eigenvalue weighted by atomic mass is 10.1. The van der Waals surface area contributed by atoms with Crippen LogP contribution in [0.3, 0.4) is 0 Å². The summed E-state index contributed by atoms with van der Waals surface area (Å²) in [6.45, 7) is -0.325. The van der Waals surface area contributed by atoms with Crippen molar-refractivity contribution in [1.29, 1.82) is 0 Å². The van der Waals surface area contributed by atoms with Crippen molar-refractivity contribution in [1.82, 2.24) is 0 Å². The van der Waals surface area contributed by atoms with Crippen molar-refractivity contribution < 1.29 is 18.7 Å². The largest absolute Gasteiger partial charge is 0.480 e. The zero-order valence-corrected chi connectivity index (χ0v) is 12.7. The van der Waals surface area contributed by atoms with Crippen molar-refractivity contribution in [2.75, 3.05) is 6.61 Å². The lowest BCUT2D eigenvalue weighted by Crippen LogP contribution is -2.18. The number of rotatable bonds is 4. The molecule has 0 radical (unpaired) electrons. The molecule has 3 rings (SSSR count). The number of halogens is 2. The maximum Gasteiger partial charge on any atom is 0.349 e. The molecule has 0 aliphatic heterocycles. The molecular formula is C18H12ClFO3. The molecule has 23 heavy (non-hydrogen) atoms. The second kappa shape index (κ2) is 6.67. The first kappa shape index (κ1) is 15.3. The molecule has 3 aromatic carbocycles. The highest BCUT2D eigenvalue weighted by atomic mass is 35.5. The second-order valence-corrected chi connectivity index (χ2v) is 5.22. The van der Waals surface area contributed by atoms with Crippen molar-refractivity contribution in [3.8, 4) is 11.5 Å². The standard InChI is InChI=1S/C18H12ClFO3/c19-15-10-13(20)8-9-17(15)22-11-18(21)23-16-7-3-5-12-4-1-2-6-14(12)16/h1-10H,11H2. The minimum Gasteiger partial charge on any atom is -0.480 e. The summed E-state index contributed by atoms with van der Waals surface area (Å²) in [6, 6.07) is 16.7. The maximum atomic E-state index is 13.0. The predicted octanol–water partition coefficient (Wildman–Crippen LogP) is 4.62. The molecule has 0 bridgehead atoms. The summed E-state index contributed by atoms with van der Waals surface area (Å²) in [4.78, 5) is 11.9. The molecule has 0 unspecified atom stereocenters. The van der Waals surface area contributed by atoms with Crippen LogP contribution >= 0.6 is 11.6 Å². The lowest BCUT2D eigenvalue weighted by molar-refractivity contribution is -0.136. The van der Waals surface area contributed by atoms with Crippen molar-refractivity contribution in [3.05, 3.63) is 71.5 Å². The zero-order chi connectivity index (χ0) is 16.2. The fourth-order valence-corrected chi connectivity index (χ4v) is 2.39. The van der Waals surface area contributed by atoms with Crippen LogP contribution in [0.15, 0.2) is 60.7 Å². The van der Waals surface area contributed by atoms with E-state index in [1.807, 2.05) is 36.4 Å². The molecule has 3 aromatic rings. The number of carbonyl (C=O) groups excluding carboxylic acids is 1. The summed E-state index contributed by atoms with van der Waals surface area (Å²) in [5, 5.41) is 1.91. The molecule has 5 heteroatoms. The van der Waals surface area contributed by atoms with Crippen LogP contribution in [0.1, 0.15) is 0 Å². The van der Waals surface area contributed by atoms with Crippen LogP contribution in [0.4, 0.5) is 4.39 Å². The SMILES string of the molecule is O=C(COc1ccc(F)cc1Cl)Oc1cccc2ccccc12. The van der Waals surface area contributed by atoms with Crippen LogP contribution in [0, 0.1) is 5.82 Å². The first-order chi connectivity index (χ1) is 11.1. The normalized spacial score (nSPS) is 10.5. The number of esters is 1. The molecular weight excluding hydrogens is 319 g/mol. The molecule has 0 atom stereocenters. The molecule has 3 nitrogen and oxygen atoms in total. The number of hydrogen-bond acceptors (Lipinski definition) is 3. The van der Waals surface area contributed by atoms with Gasteiger partial charge >= 0.3 is 5.97 Å². The molecule has 0 aliphatic carbocycles. The van der Waals surface area contributed by atoms with Crippen LogP contribution in [-0.2, 0) is 4.79 Å². The molecule has 0 amide bonds. The van der Waals surface area contributed by atoms with E-state index < -0.39 is 11.8 Å². The maximum absolute atomic E-state index is 13.0. The summed E-state index contributed by atoms with van der Waals surface area (Å²) < 4.78 is 23.5. The van der Waals surface area contributed by atoms with Gasteiger partial charge in [-0.3, -0.25) is 0 Å². The van der Waals surface area contributed by atoms with Crippen molar-refractivity contribution in [2.45, 2.75) is 0 Å². The fourth-order valence-electron chi connectivity index (χ4n) is 2.17. The Labute approximate surface area is 137 Å². The van der Waals surface area contributed by atoms with E-state index in [1.54, 1.807) is 6.07 Å². The molecule has 0 aliphatic rings. The number of fused-ring (bicyclic) bond motifs is 1. The van der Waals surface area contributed by atoms with Crippen molar-refractivity contribution >= 4 is 28.3 Å². The Bertz CT molecular complexity index is 859. The van der Waals surface area contributed by atoms with Gasteiger partial charge in [0.25, 0.3) is 0 Å². The van der Waals surface area contributed by atoms with E-state index in [-0.39, 0.29) is 17.4 Å². The Balaban J connectivity index is 1.69. The molecule has 0 saturated carbocycles. The van der Waals surface area contributed by atoms with Crippen molar-refractivity contribution in [2.24, 2.45) is 0 Å². The van der Waals surface area contributed by atoms with Gasteiger partial charge in [-0.05, 0) is 29.7 Å². The Morgan fingerprint density at radius 1 is 1.00 bits per heavy atom. The number of hydrogen-bond donors (Lipinski definition) is 0. The Morgan fingerprint density at radius 3 is 2.61 bits per heavy atom. The Kier molecular flexibility index (Phi) is 4.44. The van der Waals surface area contributed by atoms with Gasteiger partial charge in [-0.2, -0.15) is 0 Å². The third-order valence-corrected chi connectivity index (χ3v) is 3.51. The molecule has 0 N–H and O–H groups in total. The predicted molar refractivity (Wildman–Crippen MR) is 86.5 cm³/mol.